The number of ether oxygens (including phenoxy) is 1. The Morgan fingerprint density at radius 3 is 2.80 bits per heavy atom. The molecule has 0 saturated heterocycles. The first-order chi connectivity index (χ1) is 7.15. The van der Waals surface area contributed by atoms with Crippen molar-refractivity contribution in [2.75, 3.05) is 6.61 Å². The van der Waals surface area contributed by atoms with Crippen LogP contribution >= 0.6 is 0 Å². The third-order valence-electron chi connectivity index (χ3n) is 2.52. The van der Waals surface area contributed by atoms with Crippen LogP contribution in [0.1, 0.15) is 28.8 Å². The molecule has 0 spiro atoms. The zero-order chi connectivity index (χ0) is 10.8. The maximum absolute atomic E-state index is 11.0. The van der Waals surface area contributed by atoms with E-state index in [1.54, 1.807) is 12.1 Å². The molecule has 1 aromatic rings. The lowest BCUT2D eigenvalue weighted by Gasteiger charge is -2.07. The van der Waals surface area contributed by atoms with E-state index < -0.39 is 5.91 Å². The fourth-order valence-electron chi connectivity index (χ4n) is 1.47. The summed E-state index contributed by atoms with van der Waals surface area (Å²) < 4.78 is 5.59. The molecule has 0 atom stereocenters. The molecule has 3 heteroatoms. The molecular weight excluding hydrogens is 190 g/mol. The summed E-state index contributed by atoms with van der Waals surface area (Å²) in [7, 11) is 0. The first-order valence-electron chi connectivity index (χ1n) is 5.19. The van der Waals surface area contributed by atoms with Crippen LogP contribution in [0.4, 0.5) is 0 Å². The number of hydrogen-bond donors (Lipinski definition) is 1. The van der Waals surface area contributed by atoms with Crippen molar-refractivity contribution in [3.05, 3.63) is 29.3 Å². The molecule has 0 radical (unpaired) electrons. The van der Waals surface area contributed by atoms with Crippen LogP contribution < -0.4 is 10.5 Å². The molecule has 0 heterocycles. The number of rotatable bonds is 4. The average molecular weight is 205 g/mol. The van der Waals surface area contributed by atoms with Gasteiger partial charge in [-0.15, -0.1) is 0 Å². The van der Waals surface area contributed by atoms with Gasteiger partial charge in [0.1, 0.15) is 5.75 Å². The second-order valence-corrected chi connectivity index (χ2v) is 4.15. The minimum Gasteiger partial charge on any atom is -0.493 e. The van der Waals surface area contributed by atoms with Crippen LogP contribution in [0.5, 0.6) is 5.75 Å². The van der Waals surface area contributed by atoms with Crippen molar-refractivity contribution >= 4 is 5.91 Å². The van der Waals surface area contributed by atoms with Crippen LogP contribution in [-0.2, 0) is 0 Å². The molecule has 2 rings (SSSR count). The lowest BCUT2D eigenvalue weighted by molar-refractivity contribution is 0.0999. The summed E-state index contributed by atoms with van der Waals surface area (Å²) in [6.45, 7) is 2.68. The third kappa shape index (κ3) is 2.72. The summed E-state index contributed by atoms with van der Waals surface area (Å²) in [6.07, 6.45) is 2.52. The van der Waals surface area contributed by atoms with E-state index in [0.717, 1.165) is 17.9 Å². The molecular formula is C12H15NO2. The van der Waals surface area contributed by atoms with E-state index in [1.807, 2.05) is 13.0 Å². The summed E-state index contributed by atoms with van der Waals surface area (Å²) in [4.78, 5) is 11.0. The first kappa shape index (κ1) is 10.0. The van der Waals surface area contributed by atoms with Gasteiger partial charge in [-0.3, -0.25) is 4.79 Å². The van der Waals surface area contributed by atoms with Crippen molar-refractivity contribution < 1.29 is 9.53 Å². The van der Waals surface area contributed by atoms with Gasteiger partial charge in [-0.2, -0.15) is 0 Å². The third-order valence-corrected chi connectivity index (χ3v) is 2.52. The standard InChI is InChI=1S/C12H15NO2/c1-8-4-10(12(13)14)6-11(5-8)15-7-9-2-3-9/h4-6,9H,2-3,7H2,1H3,(H2,13,14). The highest BCUT2D eigenvalue weighted by atomic mass is 16.5. The number of carbonyl (C=O) groups is 1. The Morgan fingerprint density at radius 2 is 2.20 bits per heavy atom. The average Bonchev–Trinajstić information content (AvgIpc) is 2.97. The Balaban J connectivity index is 2.10. The maximum Gasteiger partial charge on any atom is 0.248 e. The van der Waals surface area contributed by atoms with E-state index in [-0.39, 0.29) is 0 Å². The fraction of sp³-hybridized carbons (Fsp3) is 0.417. The Kier molecular flexibility index (Phi) is 2.62. The molecule has 1 saturated carbocycles. The smallest absolute Gasteiger partial charge is 0.248 e. The molecule has 3 nitrogen and oxygen atoms in total. The Hall–Kier alpha value is -1.51. The van der Waals surface area contributed by atoms with Crippen molar-refractivity contribution in [2.24, 2.45) is 11.7 Å². The maximum atomic E-state index is 11.0. The van der Waals surface area contributed by atoms with E-state index in [2.05, 4.69) is 0 Å². The monoisotopic (exact) mass is 205 g/mol. The predicted octanol–water partition coefficient (Wildman–Crippen LogP) is 1.88. The molecule has 1 aliphatic carbocycles. The van der Waals surface area contributed by atoms with Gasteiger partial charge >= 0.3 is 0 Å². The number of hydrogen-bond acceptors (Lipinski definition) is 2. The summed E-state index contributed by atoms with van der Waals surface area (Å²) in [5, 5.41) is 0. The summed E-state index contributed by atoms with van der Waals surface area (Å²) >= 11 is 0. The zero-order valence-electron chi connectivity index (χ0n) is 8.82. The normalized spacial score (nSPS) is 15.0. The fourth-order valence-corrected chi connectivity index (χ4v) is 1.47. The van der Waals surface area contributed by atoms with Gasteiger partial charge in [-0.05, 0) is 49.4 Å². The van der Waals surface area contributed by atoms with Crippen molar-refractivity contribution in [1.29, 1.82) is 0 Å². The van der Waals surface area contributed by atoms with Gasteiger partial charge in [-0.25, -0.2) is 0 Å². The number of aryl methyl sites for hydroxylation is 1. The summed E-state index contributed by atoms with van der Waals surface area (Å²) in [5.74, 6) is 1.05. The van der Waals surface area contributed by atoms with Crippen LogP contribution in [0.15, 0.2) is 18.2 Å². The highest BCUT2D eigenvalue weighted by Crippen LogP contribution is 2.29. The molecule has 0 bridgehead atoms. The van der Waals surface area contributed by atoms with Gasteiger partial charge in [0, 0.05) is 5.56 Å². The molecule has 0 unspecified atom stereocenters. The lowest BCUT2D eigenvalue weighted by Crippen LogP contribution is -2.11. The van der Waals surface area contributed by atoms with Crippen LogP contribution in [0.2, 0.25) is 0 Å². The largest absolute Gasteiger partial charge is 0.493 e. The molecule has 1 amide bonds. The zero-order valence-corrected chi connectivity index (χ0v) is 8.82. The van der Waals surface area contributed by atoms with Gasteiger partial charge in [-0.1, -0.05) is 0 Å². The lowest BCUT2D eigenvalue weighted by atomic mass is 10.1. The molecule has 15 heavy (non-hydrogen) atoms. The summed E-state index contributed by atoms with van der Waals surface area (Å²) in [6, 6.07) is 5.40. The number of carbonyl (C=O) groups excluding carboxylic acids is 1. The molecule has 1 aromatic carbocycles. The summed E-state index contributed by atoms with van der Waals surface area (Å²) in [5.41, 5.74) is 6.74. The van der Waals surface area contributed by atoms with Crippen molar-refractivity contribution in [3.63, 3.8) is 0 Å². The van der Waals surface area contributed by atoms with Gasteiger partial charge in [0.2, 0.25) is 5.91 Å². The molecule has 1 aliphatic rings. The Labute approximate surface area is 89.2 Å². The van der Waals surface area contributed by atoms with Gasteiger partial charge in [0.15, 0.2) is 0 Å². The molecule has 80 valence electrons. The highest BCUT2D eigenvalue weighted by molar-refractivity contribution is 5.93. The molecule has 0 aliphatic heterocycles. The van der Waals surface area contributed by atoms with E-state index in [9.17, 15) is 4.79 Å². The second-order valence-electron chi connectivity index (χ2n) is 4.15. The minimum absolute atomic E-state index is 0.407. The number of amides is 1. The van der Waals surface area contributed by atoms with E-state index in [4.69, 9.17) is 10.5 Å². The Morgan fingerprint density at radius 1 is 1.47 bits per heavy atom. The van der Waals surface area contributed by atoms with Gasteiger partial charge < -0.3 is 10.5 Å². The van der Waals surface area contributed by atoms with Crippen LogP contribution in [0.25, 0.3) is 0 Å². The molecule has 2 N–H and O–H groups in total. The molecule has 0 aromatic heterocycles. The van der Waals surface area contributed by atoms with Crippen molar-refractivity contribution in [2.45, 2.75) is 19.8 Å². The van der Waals surface area contributed by atoms with Crippen LogP contribution in [-0.4, -0.2) is 12.5 Å². The van der Waals surface area contributed by atoms with E-state index >= 15 is 0 Å². The van der Waals surface area contributed by atoms with E-state index in [1.165, 1.54) is 12.8 Å². The number of benzene rings is 1. The Bertz CT molecular complexity index is 383. The van der Waals surface area contributed by atoms with Crippen molar-refractivity contribution in [1.82, 2.24) is 0 Å². The SMILES string of the molecule is Cc1cc(OCC2CC2)cc(C(N)=O)c1. The minimum atomic E-state index is -0.407. The van der Waals surface area contributed by atoms with Crippen molar-refractivity contribution in [3.8, 4) is 5.75 Å². The number of nitrogens with two attached hydrogens (primary N) is 1. The molecule has 1 fully saturated rings. The van der Waals surface area contributed by atoms with Gasteiger partial charge in [0.05, 0.1) is 6.61 Å². The van der Waals surface area contributed by atoms with Crippen LogP contribution in [0.3, 0.4) is 0 Å². The topological polar surface area (TPSA) is 52.3 Å². The van der Waals surface area contributed by atoms with Gasteiger partial charge in [0.25, 0.3) is 0 Å². The van der Waals surface area contributed by atoms with Crippen LogP contribution in [0, 0.1) is 12.8 Å². The quantitative estimate of drug-likeness (QED) is 0.816. The second kappa shape index (κ2) is 3.93. The first-order valence-corrected chi connectivity index (χ1v) is 5.19. The predicted molar refractivity (Wildman–Crippen MR) is 57.9 cm³/mol. The highest BCUT2D eigenvalue weighted by Gasteiger charge is 2.22. The number of primary amides is 1. The van der Waals surface area contributed by atoms with E-state index in [0.29, 0.717) is 11.5 Å².